The summed E-state index contributed by atoms with van der Waals surface area (Å²) in [5, 5.41) is 0. The van der Waals surface area contributed by atoms with Crippen LogP contribution in [-0.2, 0) is 15.1 Å². The topological polar surface area (TPSA) is 32.8 Å². The van der Waals surface area contributed by atoms with Gasteiger partial charge in [-0.1, -0.05) is 30.3 Å². The van der Waals surface area contributed by atoms with E-state index in [9.17, 15) is 4.79 Å². The Morgan fingerprint density at radius 3 is 2.24 bits per heavy atom. The Morgan fingerprint density at radius 2 is 1.67 bits per heavy atom. The van der Waals surface area contributed by atoms with E-state index < -0.39 is 0 Å². The number of carbonyl (C=O) groups excluding carboxylic acids is 1. The zero-order valence-electron chi connectivity index (χ0n) is 12.8. The van der Waals surface area contributed by atoms with Crippen LogP contribution in [0.4, 0.5) is 0 Å². The maximum Gasteiger partial charge on any atom is 0.219 e. The van der Waals surface area contributed by atoms with Gasteiger partial charge in [0.25, 0.3) is 0 Å². The Bertz CT molecular complexity index is 475. The molecule has 2 aliphatic rings. The summed E-state index contributed by atoms with van der Waals surface area (Å²) in [5.41, 5.74) is 1.45. The fourth-order valence-corrected chi connectivity index (χ4v) is 3.72. The van der Waals surface area contributed by atoms with Gasteiger partial charge in [0.2, 0.25) is 5.91 Å². The molecule has 0 atom stereocenters. The molecule has 2 saturated heterocycles. The number of carbonyl (C=O) groups is 1. The third-order valence-corrected chi connectivity index (χ3v) is 4.96. The molecule has 0 bridgehead atoms. The van der Waals surface area contributed by atoms with E-state index >= 15 is 0 Å². The lowest BCUT2D eigenvalue weighted by Crippen LogP contribution is -2.56. The van der Waals surface area contributed by atoms with E-state index in [2.05, 4.69) is 35.2 Å². The predicted octanol–water partition coefficient (Wildman–Crippen LogP) is 1.86. The van der Waals surface area contributed by atoms with E-state index in [-0.39, 0.29) is 11.4 Å². The van der Waals surface area contributed by atoms with Crippen molar-refractivity contribution in [2.75, 3.05) is 39.4 Å². The molecule has 3 rings (SSSR count). The number of benzene rings is 1. The number of ether oxygens (including phenoxy) is 1. The summed E-state index contributed by atoms with van der Waals surface area (Å²) in [7, 11) is 0. The molecule has 0 unspecified atom stereocenters. The number of morpholine rings is 1. The van der Waals surface area contributed by atoms with Crippen molar-refractivity contribution in [1.82, 2.24) is 9.80 Å². The third kappa shape index (κ3) is 2.83. The summed E-state index contributed by atoms with van der Waals surface area (Å²) in [5.74, 6) is 0.193. The molecular weight excluding hydrogens is 264 g/mol. The SMILES string of the molecule is CC(=O)N1CCC(c2ccccc2)(N2CCOCC2)CC1. The molecule has 4 heteroatoms. The van der Waals surface area contributed by atoms with Gasteiger partial charge in [0.15, 0.2) is 0 Å². The Kier molecular flexibility index (Phi) is 4.27. The van der Waals surface area contributed by atoms with Crippen LogP contribution in [0.3, 0.4) is 0 Å². The Balaban J connectivity index is 1.87. The molecule has 1 amide bonds. The van der Waals surface area contributed by atoms with Gasteiger partial charge in [-0.15, -0.1) is 0 Å². The van der Waals surface area contributed by atoms with Crippen molar-refractivity contribution in [2.45, 2.75) is 25.3 Å². The van der Waals surface area contributed by atoms with Gasteiger partial charge in [-0.3, -0.25) is 9.69 Å². The lowest BCUT2D eigenvalue weighted by atomic mass is 9.79. The van der Waals surface area contributed by atoms with E-state index in [0.29, 0.717) is 0 Å². The van der Waals surface area contributed by atoms with Crippen molar-refractivity contribution < 1.29 is 9.53 Å². The lowest BCUT2D eigenvalue weighted by molar-refractivity contribution is -0.132. The largest absolute Gasteiger partial charge is 0.379 e. The molecule has 114 valence electrons. The van der Waals surface area contributed by atoms with E-state index in [1.165, 1.54) is 5.56 Å². The van der Waals surface area contributed by atoms with Crippen LogP contribution in [-0.4, -0.2) is 55.1 Å². The molecule has 0 aromatic heterocycles. The molecule has 0 saturated carbocycles. The van der Waals surface area contributed by atoms with Crippen molar-refractivity contribution in [2.24, 2.45) is 0 Å². The molecule has 2 heterocycles. The number of likely N-dealkylation sites (tertiary alicyclic amines) is 1. The van der Waals surface area contributed by atoms with Gasteiger partial charge in [0.05, 0.1) is 13.2 Å². The maximum atomic E-state index is 11.6. The van der Waals surface area contributed by atoms with Gasteiger partial charge in [0, 0.05) is 38.6 Å². The highest BCUT2D eigenvalue weighted by molar-refractivity contribution is 5.73. The molecule has 4 nitrogen and oxygen atoms in total. The molecule has 1 aromatic carbocycles. The molecule has 2 aliphatic heterocycles. The first kappa shape index (κ1) is 14.5. The van der Waals surface area contributed by atoms with E-state index in [1.807, 2.05) is 4.90 Å². The quantitative estimate of drug-likeness (QED) is 0.833. The highest BCUT2D eigenvalue weighted by Crippen LogP contribution is 2.39. The first-order chi connectivity index (χ1) is 10.2. The van der Waals surface area contributed by atoms with Crippen molar-refractivity contribution in [1.29, 1.82) is 0 Å². The molecule has 1 aromatic rings. The zero-order valence-corrected chi connectivity index (χ0v) is 12.8. The van der Waals surface area contributed by atoms with Crippen molar-refractivity contribution in [3.05, 3.63) is 35.9 Å². The fraction of sp³-hybridized carbons (Fsp3) is 0.588. The monoisotopic (exact) mass is 288 g/mol. The van der Waals surface area contributed by atoms with Crippen molar-refractivity contribution in [3.63, 3.8) is 0 Å². The van der Waals surface area contributed by atoms with Crippen molar-refractivity contribution in [3.8, 4) is 0 Å². The molecule has 0 radical (unpaired) electrons. The normalized spacial score (nSPS) is 23.0. The molecular formula is C17H24N2O2. The maximum absolute atomic E-state index is 11.6. The van der Waals surface area contributed by atoms with Gasteiger partial charge in [-0.2, -0.15) is 0 Å². The minimum absolute atomic E-state index is 0.0665. The van der Waals surface area contributed by atoms with Crippen LogP contribution in [0.2, 0.25) is 0 Å². The Labute approximate surface area is 126 Å². The fourth-order valence-electron chi connectivity index (χ4n) is 3.72. The third-order valence-electron chi connectivity index (χ3n) is 4.96. The van der Waals surface area contributed by atoms with Gasteiger partial charge in [0.1, 0.15) is 0 Å². The summed E-state index contributed by atoms with van der Waals surface area (Å²) in [4.78, 5) is 16.2. The molecule has 0 spiro atoms. The van der Waals surface area contributed by atoms with Crippen LogP contribution in [0.25, 0.3) is 0 Å². The molecule has 0 aliphatic carbocycles. The second-order valence-electron chi connectivity index (χ2n) is 6.00. The average Bonchev–Trinajstić information content (AvgIpc) is 2.56. The smallest absolute Gasteiger partial charge is 0.219 e. The van der Waals surface area contributed by atoms with Gasteiger partial charge in [-0.05, 0) is 18.4 Å². The van der Waals surface area contributed by atoms with Gasteiger partial charge >= 0.3 is 0 Å². The van der Waals surface area contributed by atoms with Crippen molar-refractivity contribution >= 4 is 5.91 Å². The minimum Gasteiger partial charge on any atom is -0.379 e. The number of hydrogen-bond donors (Lipinski definition) is 0. The van der Waals surface area contributed by atoms with Crippen LogP contribution in [0.1, 0.15) is 25.3 Å². The van der Waals surface area contributed by atoms with E-state index in [4.69, 9.17) is 4.74 Å². The molecule has 0 N–H and O–H groups in total. The predicted molar refractivity (Wildman–Crippen MR) is 82.0 cm³/mol. The molecule has 21 heavy (non-hydrogen) atoms. The van der Waals surface area contributed by atoms with Crippen LogP contribution >= 0.6 is 0 Å². The Morgan fingerprint density at radius 1 is 1.05 bits per heavy atom. The minimum atomic E-state index is 0.0665. The van der Waals surface area contributed by atoms with Crippen LogP contribution in [0.15, 0.2) is 30.3 Å². The van der Waals surface area contributed by atoms with Gasteiger partial charge < -0.3 is 9.64 Å². The Hall–Kier alpha value is -1.39. The van der Waals surface area contributed by atoms with E-state index in [0.717, 1.165) is 52.2 Å². The first-order valence-corrected chi connectivity index (χ1v) is 7.86. The van der Waals surface area contributed by atoms with Crippen LogP contribution < -0.4 is 0 Å². The number of amides is 1. The lowest BCUT2D eigenvalue weighted by Gasteiger charge is -2.50. The average molecular weight is 288 g/mol. The second-order valence-corrected chi connectivity index (χ2v) is 6.00. The van der Waals surface area contributed by atoms with Gasteiger partial charge in [-0.25, -0.2) is 0 Å². The second kappa shape index (κ2) is 6.16. The standard InChI is InChI=1S/C17H24N2O2/c1-15(20)18-9-7-17(8-10-18,16-5-3-2-4-6-16)19-11-13-21-14-12-19/h2-6H,7-14H2,1H3. The zero-order chi connectivity index (χ0) is 14.7. The number of hydrogen-bond acceptors (Lipinski definition) is 3. The first-order valence-electron chi connectivity index (χ1n) is 7.86. The van der Waals surface area contributed by atoms with Crippen LogP contribution in [0.5, 0.6) is 0 Å². The molecule has 2 fully saturated rings. The highest BCUT2D eigenvalue weighted by Gasteiger charge is 2.42. The summed E-state index contributed by atoms with van der Waals surface area (Å²) in [6.07, 6.45) is 2.02. The summed E-state index contributed by atoms with van der Waals surface area (Å²) in [6, 6.07) is 10.8. The summed E-state index contributed by atoms with van der Waals surface area (Å²) in [6.45, 7) is 6.95. The number of rotatable bonds is 2. The highest BCUT2D eigenvalue weighted by atomic mass is 16.5. The number of piperidine rings is 1. The number of nitrogens with zero attached hydrogens (tertiary/aromatic N) is 2. The summed E-state index contributed by atoms with van der Waals surface area (Å²) >= 11 is 0. The summed E-state index contributed by atoms with van der Waals surface area (Å²) < 4.78 is 5.52. The van der Waals surface area contributed by atoms with E-state index in [1.54, 1.807) is 6.92 Å². The van der Waals surface area contributed by atoms with Crippen LogP contribution in [0, 0.1) is 0 Å².